The summed E-state index contributed by atoms with van der Waals surface area (Å²) in [6.07, 6.45) is 2.62. The van der Waals surface area contributed by atoms with Gasteiger partial charge >= 0.3 is 0 Å². The van der Waals surface area contributed by atoms with Crippen LogP contribution in [0.3, 0.4) is 0 Å². The first-order valence-corrected chi connectivity index (χ1v) is 6.44. The van der Waals surface area contributed by atoms with E-state index in [1.165, 1.54) is 24.3 Å². The van der Waals surface area contributed by atoms with Crippen molar-refractivity contribution in [3.63, 3.8) is 0 Å². The first-order valence-electron chi connectivity index (χ1n) is 6.06. The van der Waals surface area contributed by atoms with Crippen LogP contribution in [0.25, 0.3) is 6.08 Å². The Kier molecular flexibility index (Phi) is 4.53. The molecule has 0 radical (unpaired) electrons. The van der Waals surface area contributed by atoms with Gasteiger partial charge in [-0.1, -0.05) is 35.4 Å². The molecule has 2 aromatic carbocycles. The summed E-state index contributed by atoms with van der Waals surface area (Å²) < 4.78 is 13.5. The molecule has 20 heavy (non-hydrogen) atoms. The third kappa shape index (κ3) is 3.68. The van der Waals surface area contributed by atoms with Crippen LogP contribution >= 0.6 is 11.6 Å². The Balaban J connectivity index is 2.08. The predicted octanol–water partition coefficient (Wildman–Crippen LogP) is 4.44. The lowest BCUT2D eigenvalue weighted by Crippen LogP contribution is -2.07. The summed E-state index contributed by atoms with van der Waals surface area (Å²) >= 11 is 5.87. The van der Waals surface area contributed by atoms with Crippen molar-refractivity contribution < 1.29 is 9.18 Å². The van der Waals surface area contributed by atoms with Crippen LogP contribution in [-0.4, -0.2) is 5.91 Å². The maximum Gasteiger partial charge on any atom is 0.248 e. The van der Waals surface area contributed by atoms with Crippen molar-refractivity contribution in [2.45, 2.75) is 6.92 Å². The highest BCUT2D eigenvalue weighted by Gasteiger charge is 2.04. The molecule has 0 heterocycles. The van der Waals surface area contributed by atoms with E-state index in [2.05, 4.69) is 5.32 Å². The number of amides is 1. The summed E-state index contributed by atoms with van der Waals surface area (Å²) in [5.74, 6) is -0.801. The van der Waals surface area contributed by atoms with Gasteiger partial charge in [0.1, 0.15) is 5.82 Å². The lowest BCUT2D eigenvalue weighted by atomic mass is 10.2. The van der Waals surface area contributed by atoms with E-state index in [9.17, 15) is 9.18 Å². The molecule has 0 aliphatic heterocycles. The highest BCUT2D eigenvalue weighted by Crippen LogP contribution is 2.20. The monoisotopic (exact) mass is 289 g/mol. The van der Waals surface area contributed by atoms with Gasteiger partial charge in [-0.2, -0.15) is 0 Å². The maximum absolute atomic E-state index is 13.5. The van der Waals surface area contributed by atoms with Crippen LogP contribution in [0.5, 0.6) is 0 Å². The zero-order valence-electron chi connectivity index (χ0n) is 10.9. The molecule has 0 atom stereocenters. The molecule has 0 aliphatic carbocycles. The van der Waals surface area contributed by atoms with Gasteiger partial charge in [-0.15, -0.1) is 0 Å². The van der Waals surface area contributed by atoms with Crippen LogP contribution in [0, 0.1) is 12.7 Å². The van der Waals surface area contributed by atoms with E-state index < -0.39 is 5.82 Å². The van der Waals surface area contributed by atoms with Gasteiger partial charge in [0.2, 0.25) is 5.91 Å². The van der Waals surface area contributed by atoms with Crippen LogP contribution in [0.4, 0.5) is 10.1 Å². The molecule has 0 bridgehead atoms. The van der Waals surface area contributed by atoms with Crippen LogP contribution in [0.1, 0.15) is 11.1 Å². The van der Waals surface area contributed by atoms with E-state index in [-0.39, 0.29) is 16.5 Å². The largest absolute Gasteiger partial charge is 0.323 e. The fourth-order valence-corrected chi connectivity index (χ4v) is 1.88. The second-order valence-corrected chi connectivity index (χ2v) is 4.73. The van der Waals surface area contributed by atoms with Gasteiger partial charge in [-0.3, -0.25) is 4.79 Å². The quantitative estimate of drug-likeness (QED) is 0.832. The van der Waals surface area contributed by atoms with E-state index in [0.29, 0.717) is 5.69 Å². The number of carbonyl (C=O) groups is 1. The lowest BCUT2D eigenvalue weighted by Gasteiger charge is -2.03. The number of rotatable bonds is 3. The second kappa shape index (κ2) is 6.35. The van der Waals surface area contributed by atoms with E-state index in [1.54, 1.807) is 18.2 Å². The molecule has 1 amide bonds. The van der Waals surface area contributed by atoms with E-state index in [1.807, 2.05) is 19.1 Å². The highest BCUT2D eigenvalue weighted by atomic mass is 35.5. The van der Waals surface area contributed by atoms with Crippen molar-refractivity contribution in [1.82, 2.24) is 0 Å². The SMILES string of the molecule is Cc1ccc(NC(=O)C=Cc2c(F)cccc2Cl)cc1. The smallest absolute Gasteiger partial charge is 0.248 e. The Labute approximate surface area is 121 Å². The maximum atomic E-state index is 13.5. The number of halogens is 2. The molecule has 2 nitrogen and oxygen atoms in total. The molecular weight excluding hydrogens is 277 g/mol. The van der Waals surface area contributed by atoms with Gasteiger partial charge in [0.15, 0.2) is 0 Å². The first-order chi connectivity index (χ1) is 9.56. The summed E-state index contributed by atoms with van der Waals surface area (Å²) in [7, 11) is 0. The van der Waals surface area contributed by atoms with Crippen molar-refractivity contribution in [1.29, 1.82) is 0 Å². The molecule has 1 N–H and O–H groups in total. The van der Waals surface area contributed by atoms with Gasteiger partial charge in [-0.05, 0) is 37.3 Å². The Bertz CT molecular complexity index is 630. The second-order valence-electron chi connectivity index (χ2n) is 4.32. The van der Waals surface area contributed by atoms with Gasteiger partial charge in [0, 0.05) is 17.3 Å². The van der Waals surface area contributed by atoms with Gasteiger partial charge in [0.05, 0.1) is 5.02 Å². The normalized spacial score (nSPS) is 10.8. The Hall–Kier alpha value is -2.13. The van der Waals surface area contributed by atoms with Crippen LogP contribution in [0.2, 0.25) is 5.02 Å². The molecule has 0 saturated carbocycles. The molecule has 0 saturated heterocycles. The number of aryl methyl sites for hydroxylation is 1. The molecule has 4 heteroatoms. The molecule has 0 aromatic heterocycles. The molecular formula is C16H13ClFNO. The minimum atomic E-state index is -0.461. The first kappa shape index (κ1) is 14.3. The Morgan fingerprint density at radius 3 is 2.55 bits per heavy atom. The van der Waals surface area contributed by atoms with Crippen LogP contribution < -0.4 is 5.32 Å². The fourth-order valence-electron chi connectivity index (χ4n) is 1.65. The average molecular weight is 290 g/mol. The number of hydrogen-bond acceptors (Lipinski definition) is 1. The molecule has 2 aromatic rings. The number of anilines is 1. The Morgan fingerprint density at radius 1 is 1.20 bits per heavy atom. The minimum absolute atomic E-state index is 0.202. The fraction of sp³-hybridized carbons (Fsp3) is 0.0625. The average Bonchev–Trinajstić information content (AvgIpc) is 2.41. The standard InChI is InChI=1S/C16H13ClFNO/c1-11-5-7-12(8-6-11)19-16(20)10-9-13-14(17)3-2-4-15(13)18/h2-10H,1H3,(H,19,20). The van der Waals surface area contributed by atoms with Crippen LogP contribution in [-0.2, 0) is 4.79 Å². The topological polar surface area (TPSA) is 29.1 Å². The zero-order valence-corrected chi connectivity index (χ0v) is 11.6. The third-order valence-corrected chi connectivity index (χ3v) is 3.05. The summed E-state index contributed by atoms with van der Waals surface area (Å²) in [4.78, 5) is 11.7. The Morgan fingerprint density at radius 2 is 1.90 bits per heavy atom. The van der Waals surface area contributed by atoms with Gasteiger partial charge < -0.3 is 5.32 Å². The van der Waals surface area contributed by atoms with Gasteiger partial charge in [0.25, 0.3) is 0 Å². The molecule has 0 aliphatic rings. The summed E-state index contributed by atoms with van der Waals surface area (Å²) in [5, 5.41) is 2.95. The van der Waals surface area contributed by atoms with Gasteiger partial charge in [-0.25, -0.2) is 4.39 Å². The van der Waals surface area contributed by atoms with E-state index in [4.69, 9.17) is 11.6 Å². The van der Waals surface area contributed by atoms with Crippen LogP contribution in [0.15, 0.2) is 48.5 Å². The van der Waals surface area contributed by atoms with E-state index in [0.717, 1.165) is 5.56 Å². The molecule has 102 valence electrons. The third-order valence-electron chi connectivity index (χ3n) is 2.72. The molecule has 0 fully saturated rings. The molecule has 0 unspecified atom stereocenters. The van der Waals surface area contributed by atoms with Crippen molar-refractivity contribution in [3.8, 4) is 0 Å². The predicted molar refractivity (Wildman–Crippen MR) is 80.3 cm³/mol. The number of nitrogens with one attached hydrogen (secondary N) is 1. The van der Waals surface area contributed by atoms with Crippen molar-refractivity contribution in [3.05, 3.63) is 70.5 Å². The summed E-state index contributed by atoms with van der Waals surface area (Å²) in [6, 6.07) is 11.8. The zero-order chi connectivity index (χ0) is 14.5. The summed E-state index contributed by atoms with van der Waals surface area (Å²) in [6.45, 7) is 1.96. The molecule has 2 rings (SSSR count). The molecule has 0 spiro atoms. The lowest BCUT2D eigenvalue weighted by molar-refractivity contribution is -0.111. The summed E-state index contributed by atoms with van der Waals surface area (Å²) in [5.41, 5.74) is 2.00. The van der Waals surface area contributed by atoms with Crippen molar-refractivity contribution in [2.24, 2.45) is 0 Å². The van der Waals surface area contributed by atoms with E-state index >= 15 is 0 Å². The number of hydrogen-bond donors (Lipinski definition) is 1. The highest BCUT2D eigenvalue weighted by molar-refractivity contribution is 6.32. The minimum Gasteiger partial charge on any atom is -0.323 e. The number of benzene rings is 2. The van der Waals surface area contributed by atoms with Crippen molar-refractivity contribution in [2.75, 3.05) is 5.32 Å². The van der Waals surface area contributed by atoms with Crippen molar-refractivity contribution >= 4 is 29.3 Å². The number of carbonyl (C=O) groups excluding carboxylic acids is 1.